The molecule has 122 valence electrons. The molecule has 0 fully saturated rings. The summed E-state index contributed by atoms with van der Waals surface area (Å²) in [5.74, 6) is -0.119. The molecule has 1 amide bonds. The minimum atomic E-state index is -1.31. The molecular formula is C19H23NO2S. The molecule has 1 atom stereocenters. The van der Waals surface area contributed by atoms with Crippen LogP contribution in [0.25, 0.3) is 0 Å². The van der Waals surface area contributed by atoms with Crippen molar-refractivity contribution in [2.24, 2.45) is 0 Å². The van der Waals surface area contributed by atoms with Gasteiger partial charge in [-0.25, -0.2) is 0 Å². The molecule has 0 aromatic heterocycles. The van der Waals surface area contributed by atoms with Crippen molar-refractivity contribution in [3.05, 3.63) is 71.8 Å². The maximum atomic E-state index is 12.8. The lowest BCUT2D eigenvalue weighted by molar-refractivity contribution is -0.118. The second kappa shape index (κ2) is 9.26. The molecule has 3 nitrogen and oxygen atoms in total. The Balaban J connectivity index is 2.15. The van der Waals surface area contributed by atoms with Gasteiger partial charge in [-0.15, -0.1) is 0 Å². The summed E-state index contributed by atoms with van der Waals surface area (Å²) >= 11 is 0. The third-order valence-corrected chi connectivity index (χ3v) is 5.21. The second-order valence-corrected chi connectivity index (χ2v) is 6.95. The maximum absolute atomic E-state index is 12.8. The molecule has 2 aromatic carbocycles. The molecule has 1 N–H and O–H groups in total. The van der Waals surface area contributed by atoms with Crippen LogP contribution in [0.3, 0.4) is 0 Å². The minimum absolute atomic E-state index is 0.0260. The zero-order valence-corrected chi connectivity index (χ0v) is 14.2. The molecule has 4 heteroatoms. The highest BCUT2D eigenvalue weighted by Gasteiger charge is 2.22. The minimum Gasteiger partial charge on any atom is -0.355 e. The van der Waals surface area contributed by atoms with E-state index in [1.165, 1.54) is 0 Å². The predicted molar refractivity (Wildman–Crippen MR) is 95.7 cm³/mol. The fourth-order valence-electron chi connectivity index (χ4n) is 2.42. The van der Waals surface area contributed by atoms with Gasteiger partial charge in [0.1, 0.15) is 5.75 Å². The van der Waals surface area contributed by atoms with Crippen LogP contribution in [0.1, 0.15) is 36.1 Å². The Morgan fingerprint density at radius 1 is 1.00 bits per heavy atom. The van der Waals surface area contributed by atoms with Crippen LogP contribution in [0.4, 0.5) is 0 Å². The summed E-state index contributed by atoms with van der Waals surface area (Å²) in [6.07, 6.45) is 1.97. The Hall–Kier alpha value is -1.94. The number of amides is 1. The van der Waals surface area contributed by atoms with E-state index in [9.17, 15) is 9.00 Å². The van der Waals surface area contributed by atoms with E-state index in [-0.39, 0.29) is 16.9 Å². The van der Waals surface area contributed by atoms with Crippen LogP contribution in [0.15, 0.2) is 60.7 Å². The monoisotopic (exact) mass is 329 g/mol. The van der Waals surface area contributed by atoms with E-state index in [1.54, 1.807) is 0 Å². The molecule has 0 aliphatic heterocycles. The van der Waals surface area contributed by atoms with Gasteiger partial charge in [0.05, 0.1) is 5.25 Å². The Labute approximate surface area is 140 Å². The van der Waals surface area contributed by atoms with Crippen LogP contribution in [0.2, 0.25) is 0 Å². The Morgan fingerprint density at radius 3 is 2.00 bits per heavy atom. The number of carbonyl (C=O) groups excluding carboxylic acids is 1. The van der Waals surface area contributed by atoms with Gasteiger partial charge in [0, 0.05) is 17.3 Å². The first-order valence-corrected chi connectivity index (χ1v) is 9.34. The van der Waals surface area contributed by atoms with Crippen LogP contribution in [0.5, 0.6) is 0 Å². The fraction of sp³-hybridized carbons (Fsp3) is 0.316. The summed E-state index contributed by atoms with van der Waals surface area (Å²) in [5, 5.41) is 2.56. The van der Waals surface area contributed by atoms with E-state index in [0.29, 0.717) is 6.54 Å². The van der Waals surface area contributed by atoms with Gasteiger partial charge >= 0.3 is 0 Å². The smallest absolute Gasteiger partial charge is 0.232 e. The average molecular weight is 329 g/mol. The molecule has 0 bridgehead atoms. The van der Waals surface area contributed by atoms with Crippen molar-refractivity contribution in [3.63, 3.8) is 0 Å². The van der Waals surface area contributed by atoms with Crippen molar-refractivity contribution in [2.75, 3.05) is 12.3 Å². The van der Waals surface area contributed by atoms with E-state index in [1.807, 2.05) is 60.7 Å². The summed E-state index contributed by atoms with van der Waals surface area (Å²) in [6.45, 7) is 2.72. The number of unbranched alkanes of at least 4 members (excludes halogenated alkanes) is 1. The lowest BCUT2D eigenvalue weighted by atomic mass is 10.0. The quantitative estimate of drug-likeness (QED) is 0.754. The van der Waals surface area contributed by atoms with Gasteiger partial charge in [-0.2, -0.15) is 0 Å². The average Bonchev–Trinajstić information content (AvgIpc) is 2.57. The lowest BCUT2D eigenvalue weighted by Crippen LogP contribution is -2.30. The van der Waals surface area contributed by atoms with Gasteiger partial charge in [0.2, 0.25) is 5.91 Å². The van der Waals surface area contributed by atoms with Crippen molar-refractivity contribution in [3.8, 4) is 0 Å². The van der Waals surface area contributed by atoms with Crippen molar-refractivity contribution < 1.29 is 9.00 Å². The van der Waals surface area contributed by atoms with Gasteiger partial charge in [0.15, 0.2) is 0 Å². The van der Waals surface area contributed by atoms with E-state index < -0.39 is 10.8 Å². The summed E-state index contributed by atoms with van der Waals surface area (Å²) in [4.78, 5) is 12.0. The molecule has 2 aromatic rings. The molecule has 2 rings (SSSR count). The Kier molecular flexibility index (Phi) is 7.01. The highest BCUT2D eigenvalue weighted by atomic mass is 32.2. The Bertz CT molecular complexity index is 589. The van der Waals surface area contributed by atoms with E-state index in [2.05, 4.69) is 12.2 Å². The molecule has 0 radical (unpaired) electrons. The molecule has 0 aliphatic carbocycles. The van der Waals surface area contributed by atoms with Crippen molar-refractivity contribution >= 4 is 16.7 Å². The van der Waals surface area contributed by atoms with Gasteiger partial charge in [-0.05, 0) is 17.5 Å². The van der Waals surface area contributed by atoms with E-state index in [0.717, 1.165) is 24.0 Å². The second-order valence-electron chi connectivity index (χ2n) is 5.43. The van der Waals surface area contributed by atoms with Crippen molar-refractivity contribution in [1.82, 2.24) is 5.32 Å². The fourth-order valence-corrected chi connectivity index (χ4v) is 3.87. The number of hydrogen-bond donors (Lipinski definition) is 1. The topological polar surface area (TPSA) is 46.2 Å². The highest BCUT2D eigenvalue weighted by Crippen LogP contribution is 2.28. The zero-order valence-electron chi connectivity index (χ0n) is 13.4. The number of rotatable bonds is 8. The highest BCUT2D eigenvalue weighted by molar-refractivity contribution is 7.86. The zero-order chi connectivity index (χ0) is 16.5. The molecule has 1 unspecified atom stereocenters. The molecule has 0 spiro atoms. The standard InChI is InChI=1S/C19H23NO2S/c1-2-3-14-20-18(21)15-23(22)19(16-10-6-4-7-11-16)17-12-8-5-9-13-17/h4-13,19H,2-3,14-15H2,1H3,(H,20,21). The van der Waals surface area contributed by atoms with E-state index in [4.69, 9.17) is 0 Å². The third kappa shape index (κ3) is 5.32. The molecule has 23 heavy (non-hydrogen) atoms. The lowest BCUT2D eigenvalue weighted by Gasteiger charge is -2.17. The third-order valence-electron chi connectivity index (χ3n) is 3.59. The molecular weight excluding hydrogens is 306 g/mol. The first-order valence-electron chi connectivity index (χ1n) is 7.96. The molecule has 0 aliphatic rings. The normalized spacial score (nSPS) is 12.1. The molecule has 0 saturated heterocycles. The largest absolute Gasteiger partial charge is 0.355 e. The number of carbonyl (C=O) groups is 1. The van der Waals surface area contributed by atoms with Crippen LogP contribution >= 0.6 is 0 Å². The van der Waals surface area contributed by atoms with Crippen LogP contribution in [-0.2, 0) is 15.6 Å². The number of benzene rings is 2. The van der Waals surface area contributed by atoms with Crippen molar-refractivity contribution in [1.29, 1.82) is 0 Å². The number of nitrogens with one attached hydrogen (secondary N) is 1. The van der Waals surface area contributed by atoms with Crippen molar-refractivity contribution in [2.45, 2.75) is 25.0 Å². The Morgan fingerprint density at radius 2 is 1.52 bits per heavy atom. The van der Waals surface area contributed by atoms with Crippen LogP contribution < -0.4 is 5.32 Å². The van der Waals surface area contributed by atoms with Crippen LogP contribution in [-0.4, -0.2) is 22.4 Å². The molecule has 0 heterocycles. The SMILES string of the molecule is CCCCNC(=O)CS(=O)C(c1ccccc1)c1ccccc1. The van der Waals surface area contributed by atoms with Gasteiger partial charge in [-0.1, -0.05) is 74.0 Å². The summed E-state index contributed by atoms with van der Waals surface area (Å²) < 4.78 is 12.8. The molecule has 0 saturated carbocycles. The summed E-state index contributed by atoms with van der Waals surface area (Å²) in [5.41, 5.74) is 1.94. The first-order chi connectivity index (χ1) is 11.2. The van der Waals surface area contributed by atoms with Crippen LogP contribution in [0, 0.1) is 0 Å². The van der Waals surface area contributed by atoms with Gasteiger partial charge in [-0.3, -0.25) is 9.00 Å². The predicted octanol–water partition coefficient (Wildman–Crippen LogP) is 3.44. The van der Waals surface area contributed by atoms with Gasteiger partial charge < -0.3 is 5.32 Å². The summed E-state index contributed by atoms with van der Waals surface area (Å²) in [6, 6.07) is 19.5. The maximum Gasteiger partial charge on any atom is 0.232 e. The van der Waals surface area contributed by atoms with Gasteiger partial charge in [0.25, 0.3) is 0 Å². The van der Waals surface area contributed by atoms with E-state index >= 15 is 0 Å². The first kappa shape index (κ1) is 17.4. The summed E-state index contributed by atoms with van der Waals surface area (Å²) in [7, 11) is -1.31. The number of hydrogen-bond acceptors (Lipinski definition) is 2.